The van der Waals surface area contributed by atoms with Crippen LogP contribution >= 0.6 is 12.4 Å². The van der Waals surface area contributed by atoms with Gasteiger partial charge in [-0.2, -0.15) is 5.10 Å². The van der Waals surface area contributed by atoms with Crippen molar-refractivity contribution in [3.05, 3.63) is 18.0 Å². The van der Waals surface area contributed by atoms with Crippen molar-refractivity contribution in [2.24, 2.45) is 18.4 Å². The Balaban J connectivity index is 0.00000147. The standard InChI is InChI=1S/C13H19N3O3.ClH/c1-15-11(3-4-14-15)6-16-5-10-7-19-9-13(10,8-16)12(17)18-2;/h3-4,10H,5-9H2,1-2H3;1H/t10-,13-;/m0./s1. The van der Waals surface area contributed by atoms with Crippen LogP contribution in [0.3, 0.4) is 0 Å². The number of hydrogen-bond acceptors (Lipinski definition) is 5. The highest BCUT2D eigenvalue weighted by molar-refractivity contribution is 5.85. The van der Waals surface area contributed by atoms with E-state index in [1.807, 2.05) is 17.8 Å². The Morgan fingerprint density at radius 1 is 1.65 bits per heavy atom. The van der Waals surface area contributed by atoms with Gasteiger partial charge >= 0.3 is 5.97 Å². The van der Waals surface area contributed by atoms with Gasteiger partial charge in [0.25, 0.3) is 0 Å². The van der Waals surface area contributed by atoms with Crippen LogP contribution in [-0.4, -0.2) is 54.1 Å². The Hall–Kier alpha value is -1.11. The molecule has 3 heterocycles. The highest BCUT2D eigenvalue weighted by atomic mass is 35.5. The largest absolute Gasteiger partial charge is 0.468 e. The summed E-state index contributed by atoms with van der Waals surface area (Å²) in [5, 5.41) is 4.17. The van der Waals surface area contributed by atoms with E-state index in [-0.39, 0.29) is 24.3 Å². The zero-order valence-corrected chi connectivity index (χ0v) is 12.6. The first kappa shape index (κ1) is 15.3. The molecule has 1 aromatic rings. The van der Waals surface area contributed by atoms with Gasteiger partial charge in [-0.25, -0.2) is 0 Å². The maximum absolute atomic E-state index is 12.1. The summed E-state index contributed by atoms with van der Waals surface area (Å²) in [6, 6.07) is 2.01. The van der Waals surface area contributed by atoms with Crippen LogP contribution in [0.2, 0.25) is 0 Å². The number of halogens is 1. The van der Waals surface area contributed by atoms with Crippen LogP contribution < -0.4 is 0 Å². The van der Waals surface area contributed by atoms with Gasteiger partial charge in [0.1, 0.15) is 5.41 Å². The number of methoxy groups -OCH3 is 1. The van der Waals surface area contributed by atoms with Crippen LogP contribution in [0.4, 0.5) is 0 Å². The number of aromatic nitrogens is 2. The summed E-state index contributed by atoms with van der Waals surface area (Å²) in [5.41, 5.74) is 0.689. The van der Waals surface area contributed by atoms with Gasteiger partial charge < -0.3 is 9.47 Å². The first-order valence-electron chi connectivity index (χ1n) is 6.51. The summed E-state index contributed by atoms with van der Waals surface area (Å²) in [4.78, 5) is 14.4. The third-order valence-electron chi connectivity index (χ3n) is 4.34. The van der Waals surface area contributed by atoms with Crippen LogP contribution in [-0.2, 0) is 27.9 Å². The molecular weight excluding hydrogens is 282 g/mol. The molecule has 2 atom stereocenters. The lowest BCUT2D eigenvalue weighted by molar-refractivity contribution is -0.153. The molecule has 2 aliphatic heterocycles. The minimum atomic E-state index is -0.465. The number of hydrogen-bond donors (Lipinski definition) is 0. The summed E-state index contributed by atoms with van der Waals surface area (Å²) in [6.07, 6.45) is 1.80. The van der Waals surface area contributed by atoms with Crippen molar-refractivity contribution < 1.29 is 14.3 Å². The molecule has 0 radical (unpaired) electrons. The molecule has 0 aliphatic carbocycles. The van der Waals surface area contributed by atoms with Crippen molar-refractivity contribution in [3.8, 4) is 0 Å². The fourth-order valence-electron chi connectivity index (χ4n) is 3.24. The Labute approximate surface area is 124 Å². The molecule has 0 unspecified atom stereocenters. The van der Waals surface area contributed by atoms with Gasteiger partial charge in [0.05, 0.1) is 26.0 Å². The molecule has 3 rings (SSSR count). The van der Waals surface area contributed by atoms with E-state index in [1.54, 1.807) is 6.20 Å². The predicted octanol–water partition coefficient (Wildman–Crippen LogP) is 0.463. The lowest BCUT2D eigenvalue weighted by atomic mass is 9.81. The minimum Gasteiger partial charge on any atom is -0.468 e. The van der Waals surface area contributed by atoms with Crippen molar-refractivity contribution in [1.82, 2.24) is 14.7 Å². The van der Waals surface area contributed by atoms with Gasteiger partial charge in [-0.1, -0.05) is 0 Å². The molecule has 7 heteroatoms. The molecule has 2 aliphatic rings. The molecule has 0 amide bonds. The molecule has 1 aromatic heterocycles. The highest BCUT2D eigenvalue weighted by Gasteiger charge is 2.56. The average Bonchev–Trinajstić information content (AvgIpc) is 3.04. The lowest BCUT2D eigenvalue weighted by Crippen LogP contribution is -2.40. The summed E-state index contributed by atoms with van der Waals surface area (Å²) in [7, 11) is 3.39. The molecular formula is C13H20ClN3O3. The molecule has 112 valence electrons. The highest BCUT2D eigenvalue weighted by Crippen LogP contribution is 2.42. The van der Waals surface area contributed by atoms with Gasteiger partial charge in [-0.3, -0.25) is 14.4 Å². The molecule has 0 N–H and O–H groups in total. The number of aryl methyl sites for hydroxylation is 1. The van der Waals surface area contributed by atoms with E-state index in [2.05, 4.69) is 10.00 Å². The fourth-order valence-corrected chi connectivity index (χ4v) is 3.24. The zero-order chi connectivity index (χ0) is 13.5. The maximum atomic E-state index is 12.1. The third kappa shape index (κ3) is 2.32. The second kappa shape index (κ2) is 5.71. The summed E-state index contributed by atoms with van der Waals surface area (Å²) in [5.74, 6) is 0.107. The van der Waals surface area contributed by atoms with Crippen molar-refractivity contribution >= 4 is 18.4 Å². The quantitative estimate of drug-likeness (QED) is 0.759. The van der Waals surface area contributed by atoms with Crippen LogP contribution in [0.1, 0.15) is 5.69 Å². The Morgan fingerprint density at radius 2 is 2.45 bits per heavy atom. The van der Waals surface area contributed by atoms with Gasteiger partial charge in [0, 0.05) is 38.8 Å². The molecule has 0 saturated carbocycles. The first-order valence-corrected chi connectivity index (χ1v) is 6.51. The molecule has 2 fully saturated rings. The normalized spacial score (nSPS) is 29.0. The van der Waals surface area contributed by atoms with Crippen molar-refractivity contribution in [3.63, 3.8) is 0 Å². The lowest BCUT2D eigenvalue weighted by Gasteiger charge is -2.23. The van der Waals surface area contributed by atoms with E-state index in [0.717, 1.165) is 18.8 Å². The van der Waals surface area contributed by atoms with Crippen LogP contribution in [0.15, 0.2) is 12.3 Å². The van der Waals surface area contributed by atoms with E-state index in [9.17, 15) is 4.79 Å². The minimum absolute atomic E-state index is 0. The summed E-state index contributed by atoms with van der Waals surface area (Å²) < 4.78 is 12.4. The number of likely N-dealkylation sites (tertiary alicyclic amines) is 1. The number of esters is 1. The second-order valence-electron chi connectivity index (χ2n) is 5.48. The number of ether oxygens (including phenoxy) is 2. The van der Waals surface area contributed by atoms with Gasteiger partial charge in [-0.05, 0) is 6.07 Å². The SMILES string of the molecule is COC(=O)[C@@]12COC[C@@H]1CN(Cc1ccnn1C)C2.Cl. The molecule has 0 aromatic carbocycles. The fraction of sp³-hybridized carbons (Fsp3) is 0.692. The number of nitrogens with zero attached hydrogens (tertiary/aromatic N) is 3. The van der Waals surface area contributed by atoms with Gasteiger partial charge in [0.15, 0.2) is 0 Å². The number of fused-ring (bicyclic) bond motifs is 1. The van der Waals surface area contributed by atoms with E-state index < -0.39 is 5.41 Å². The van der Waals surface area contributed by atoms with Crippen LogP contribution in [0.5, 0.6) is 0 Å². The number of carbonyl (C=O) groups is 1. The summed E-state index contributed by atoms with van der Waals surface area (Å²) in [6.45, 7) is 3.52. The molecule has 2 saturated heterocycles. The maximum Gasteiger partial charge on any atom is 0.315 e. The van der Waals surface area contributed by atoms with Crippen molar-refractivity contribution in [2.75, 3.05) is 33.4 Å². The third-order valence-corrected chi connectivity index (χ3v) is 4.34. The second-order valence-corrected chi connectivity index (χ2v) is 5.48. The topological polar surface area (TPSA) is 56.6 Å². The Morgan fingerprint density at radius 3 is 3.10 bits per heavy atom. The van der Waals surface area contributed by atoms with Crippen LogP contribution in [0.25, 0.3) is 0 Å². The molecule has 0 bridgehead atoms. The van der Waals surface area contributed by atoms with E-state index in [4.69, 9.17) is 9.47 Å². The predicted molar refractivity (Wildman–Crippen MR) is 74.5 cm³/mol. The molecule has 20 heavy (non-hydrogen) atoms. The first-order chi connectivity index (χ1) is 9.15. The monoisotopic (exact) mass is 301 g/mol. The van der Waals surface area contributed by atoms with Gasteiger partial charge in [0.2, 0.25) is 0 Å². The molecule has 0 spiro atoms. The molecule has 6 nitrogen and oxygen atoms in total. The van der Waals surface area contributed by atoms with E-state index in [1.165, 1.54) is 7.11 Å². The van der Waals surface area contributed by atoms with Crippen molar-refractivity contribution in [2.45, 2.75) is 6.54 Å². The number of carbonyl (C=O) groups excluding carboxylic acids is 1. The Bertz CT molecular complexity index is 493. The number of rotatable bonds is 3. The van der Waals surface area contributed by atoms with E-state index in [0.29, 0.717) is 19.8 Å². The average molecular weight is 302 g/mol. The Kier molecular flexibility index (Phi) is 4.36. The van der Waals surface area contributed by atoms with E-state index >= 15 is 0 Å². The summed E-state index contributed by atoms with van der Waals surface area (Å²) >= 11 is 0. The zero-order valence-electron chi connectivity index (χ0n) is 11.7. The van der Waals surface area contributed by atoms with Gasteiger partial charge in [-0.15, -0.1) is 12.4 Å². The smallest absolute Gasteiger partial charge is 0.315 e. The van der Waals surface area contributed by atoms with Crippen LogP contribution in [0, 0.1) is 11.3 Å². The van der Waals surface area contributed by atoms with Crippen molar-refractivity contribution in [1.29, 1.82) is 0 Å².